The molecule has 0 aromatic heterocycles. The normalized spacial score (nSPS) is 48.0. The summed E-state index contributed by atoms with van der Waals surface area (Å²) in [6.07, 6.45) is 19.9. The minimum Gasteiger partial charge on any atom is -0.0628 e. The SMILES string of the molecule is CC(C)CCC[C@H](C)C1CCC2C3CCC4CCCC[C@]4(C)C3CC[C@]21C. The average molecular weight is 373 g/mol. The molecular formula is C27H48. The fourth-order valence-corrected chi connectivity index (χ4v) is 9.32. The Kier molecular flexibility index (Phi) is 5.77. The van der Waals surface area contributed by atoms with Gasteiger partial charge in [0.25, 0.3) is 0 Å². The first-order valence-electron chi connectivity index (χ1n) is 12.9. The summed E-state index contributed by atoms with van der Waals surface area (Å²) in [4.78, 5) is 0. The third-order valence-corrected chi connectivity index (χ3v) is 10.8. The van der Waals surface area contributed by atoms with Crippen LogP contribution in [0.4, 0.5) is 0 Å². The maximum absolute atomic E-state index is 2.75. The predicted molar refractivity (Wildman–Crippen MR) is 118 cm³/mol. The fraction of sp³-hybridized carbons (Fsp3) is 1.00. The number of hydrogen-bond donors (Lipinski definition) is 0. The van der Waals surface area contributed by atoms with Gasteiger partial charge in [0.05, 0.1) is 0 Å². The Morgan fingerprint density at radius 3 is 2.30 bits per heavy atom. The Balaban J connectivity index is 1.46. The van der Waals surface area contributed by atoms with Crippen LogP contribution < -0.4 is 0 Å². The van der Waals surface area contributed by atoms with E-state index < -0.39 is 0 Å². The molecule has 0 amide bonds. The Bertz CT molecular complexity index is 506. The van der Waals surface area contributed by atoms with Crippen LogP contribution in [0.5, 0.6) is 0 Å². The molecule has 0 nitrogen and oxygen atoms in total. The highest BCUT2D eigenvalue weighted by Gasteiger charge is 2.59. The molecule has 0 saturated heterocycles. The molecule has 0 spiro atoms. The van der Waals surface area contributed by atoms with Gasteiger partial charge in [-0.05, 0) is 104 Å². The lowest BCUT2D eigenvalue weighted by atomic mass is 9.44. The lowest BCUT2D eigenvalue weighted by Gasteiger charge is -2.61. The quantitative estimate of drug-likeness (QED) is 0.453. The third-order valence-electron chi connectivity index (χ3n) is 10.8. The molecule has 27 heavy (non-hydrogen) atoms. The summed E-state index contributed by atoms with van der Waals surface area (Å²) < 4.78 is 0. The van der Waals surface area contributed by atoms with E-state index in [1.54, 1.807) is 51.4 Å². The first kappa shape index (κ1) is 20.3. The Morgan fingerprint density at radius 2 is 1.52 bits per heavy atom. The summed E-state index contributed by atoms with van der Waals surface area (Å²) in [5, 5.41) is 0. The van der Waals surface area contributed by atoms with Crippen LogP contribution in [0.15, 0.2) is 0 Å². The molecule has 5 unspecified atom stereocenters. The molecule has 0 radical (unpaired) electrons. The molecule has 0 aromatic carbocycles. The average Bonchev–Trinajstić information content (AvgIpc) is 2.98. The summed E-state index contributed by atoms with van der Waals surface area (Å²) >= 11 is 0. The molecule has 0 bridgehead atoms. The summed E-state index contributed by atoms with van der Waals surface area (Å²) in [6.45, 7) is 12.9. The van der Waals surface area contributed by atoms with Gasteiger partial charge in [-0.3, -0.25) is 0 Å². The van der Waals surface area contributed by atoms with Gasteiger partial charge in [0.1, 0.15) is 0 Å². The van der Waals surface area contributed by atoms with Crippen molar-refractivity contribution < 1.29 is 0 Å². The zero-order valence-electron chi connectivity index (χ0n) is 19.2. The second kappa shape index (κ2) is 7.68. The smallest absolute Gasteiger partial charge is 0.0264 e. The predicted octanol–water partition coefficient (Wildman–Crippen LogP) is 8.50. The van der Waals surface area contributed by atoms with E-state index in [2.05, 4.69) is 34.6 Å². The van der Waals surface area contributed by atoms with Crippen LogP contribution in [0.3, 0.4) is 0 Å². The van der Waals surface area contributed by atoms with Crippen LogP contribution in [0.2, 0.25) is 0 Å². The largest absolute Gasteiger partial charge is 0.0628 e. The second-order valence-electron chi connectivity index (χ2n) is 12.4. The van der Waals surface area contributed by atoms with Gasteiger partial charge in [-0.25, -0.2) is 0 Å². The van der Waals surface area contributed by atoms with Gasteiger partial charge >= 0.3 is 0 Å². The molecular weight excluding hydrogens is 324 g/mol. The van der Waals surface area contributed by atoms with Crippen LogP contribution >= 0.6 is 0 Å². The zero-order valence-corrected chi connectivity index (χ0v) is 19.2. The van der Waals surface area contributed by atoms with Crippen LogP contribution in [0.1, 0.15) is 118 Å². The lowest BCUT2D eigenvalue weighted by molar-refractivity contribution is -0.114. The highest BCUT2D eigenvalue weighted by atomic mass is 14.6. The van der Waals surface area contributed by atoms with Gasteiger partial charge in [0, 0.05) is 0 Å². The molecule has 0 N–H and O–H groups in total. The maximum Gasteiger partial charge on any atom is -0.0264 e. The first-order chi connectivity index (χ1) is 12.9. The summed E-state index contributed by atoms with van der Waals surface area (Å²) in [5.41, 5.74) is 1.39. The van der Waals surface area contributed by atoms with Crippen LogP contribution in [-0.2, 0) is 0 Å². The molecule has 0 heteroatoms. The number of fused-ring (bicyclic) bond motifs is 5. The van der Waals surface area contributed by atoms with Crippen molar-refractivity contribution >= 4 is 0 Å². The minimum atomic E-state index is 0.677. The second-order valence-corrected chi connectivity index (χ2v) is 12.4. The van der Waals surface area contributed by atoms with Crippen LogP contribution in [0, 0.1) is 52.3 Å². The van der Waals surface area contributed by atoms with E-state index in [1.807, 2.05) is 0 Å². The van der Waals surface area contributed by atoms with Crippen molar-refractivity contribution in [1.82, 2.24) is 0 Å². The molecule has 4 fully saturated rings. The Hall–Kier alpha value is 0. The first-order valence-corrected chi connectivity index (χ1v) is 12.9. The van der Waals surface area contributed by atoms with E-state index >= 15 is 0 Å². The highest BCUT2D eigenvalue weighted by molar-refractivity contribution is 5.09. The van der Waals surface area contributed by atoms with Crippen LogP contribution in [-0.4, -0.2) is 0 Å². The van der Waals surface area contributed by atoms with E-state index in [0.717, 1.165) is 41.4 Å². The zero-order chi connectivity index (χ0) is 19.2. The van der Waals surface area contributed by atoms with Crippen LogP contribution in [0.25, 0.3) is 0 Å². The highest BCUT2D eigenvalue weighted by Crippen LogP contribution is 2.68. The fourth-order valence-electron chi connectivity index (χ4n) is 9.32. The van der Waals surface area contributed by atoms with Crippen molar-refractivity contribution in [2.75, 3.05) is 0 Å². The Morgan fingerprint density at radius 1 is 0.741 bits per heavy atom. The molecule has 4 aliphatic rings. The molecule has 0 aromatic rings. The summed E-state index contributed by atoms with van der Waals surface area (Å²) in [5.74, 6) is 7.15. The van der Waals surface area contributed by atoms with E-state index in [9.17, 15) is 0 Å². The minimum absolute atomic E-state index is 0.677. The lowest BCUT2D eigenvalue weighted by Crippen LogP contribution is -2.53. The van der Waals surface area contributed by atoms with Gasteiger partial charge in [-0.15, -0.1) is 0 Å². The molecule has 8 atom stereocenters. The molecule has 4 rings (SSSR count). The molecule has 4 aliphatic carbocycles. The van der Waals surface area contributed by atoms with E-state index in [0.29, 0.717) is 10.8 Å². The van der Waals surface area contributed by atoms with E-state index in [1.165, 1.54) is 32.1 Å². The third kappa shape index (κ3) is 3.44. The van der Waals surface area contributed by atoms with Crippen molar-refractivity contribution in [3.63, 3.8) is 0 Å². The van der Waals surface area contributed by atoms with Gasteiger partial charge < -0.3 is 0 Å². The molecule has 4 saturated carbocycles. The molecule has 156 valence electrons. The van der Waals surface area contributed by atoms with Crippen molar-refractivity contribution in [2.45, 2.75) is 118 Å². The van der Waals surface area contributed by atoms with E-state index in [4.69, 9.17) is 0 Å². The summed E-state index contributed by atoms with van der Waals surface area (Å²) in [7, 11) is 0. The van der Waals surface area contributed by atoms with Gasteiger partial charge in [0.15, 0.2) is 0 Å². The Labute approximate surface area is 170 Å². The maximum atomic E-state index is 2.75. The van der Waals surface area contributed by atoms with Gasteiger partial charge in [0.2, 0.25) is 0 Å². The van der Waals surface area contributed by atoms with Crippen molar-refractivity contribution in [2.24, 2.45) is 52.3 Å². The molecule has 0 heterocycles. The van der Waals surface area contributed by atoms with Gasteiger partial charge in [-0.2, -0.15) is 0 Å². The van der Waals surface area contributed by atoms with Gasteiger partial charge in [-0.1, -0.05) is 66.7 Å². The monoisotopic (exact) mass is 372 g/mol. The standard InChI is InChI=1S/C27H48/c1-19(2)9-8-10-20(3)23-14-15-24-22-13-12-21-11-6-7-17-26(21,4)25(22)16-18-27(23,24)5/h19-25H,6-18H2,1-5H3/t20-,21?,22?,23?,24?,25?,26-,27-/m0/s1. The van der Waals surface area contributed by atoms with E-state index in [-0.39, 0.29) is 0 Å². The topological polar surface area (TPSA) is 0 Å². The number of hydrogen-bond acceptors (Lipinski definition) is 0. The van der Waals surface area contributed by atoms with Crippen molar-refractivity contribution in [1.29, 1.82) is 0 Å². The number of rotatable bonds is 5. The van der Waals surface area contributed by atoms with Crippen molar-refractivity contribution in [3.8, 4) is 0 Å². The summed E-state index contributed by atoms with van der Waals surface area (Å²) in [6, 6.07) is 0. The van der Waals surface area contributed by atoms with Crippen molar-refractivity contribution in [3.05, 3.63) is 0 Å². The molecule has 0 aliphatic heterocycles.